The first-order valence-corrected chi connectivity index (χ1v) is 17.1. The van der Waals surface area contributed by atoms with Gasteiger partial charge in [-0.25, -0.2) is 0 Å². The summed E-state index contributed by atoms with van der Waals surface area (Å²) in [5.74, 6) is 0. The Balaban J connectivity index is 1.53. The molecule has 0 amide bonds. The minimum absolute atomic E-state index is 0.00632. The number of hydrogen-bond acceptors (Lipinski definition) is 4. The van der Waals surface area contributed by atoms with Gasteiger partial charge in [-0.05, 0) is 94.5 Å². The highest BCUT2D eigenvalue weighted by Gasteiger charge is 2.25. The monoisotopic (exact) mass is 612 g/mol. The first kappa shape index (κ1) is 31.7. The molecule has 6 nitrogen and oxygen atoms in total. The molecule has 2 aromatic heterocycles. The lowest BCUT2D eigenvalue weighted by Gasteiger charge is -2.28. The zero-order chi connectivity index (χ0) is 32.3. The summed E-state index contributed by atoms with van der Waals surface area (Å²) in [6.07, 6.45) is 9.57. The van der Waals surface area contributed by atoms with E-state index in [1.54, 1.807) is 9.59 Å². The maximum absolute atomic E-state index is 4.89. The van der Waals surface area contributed by atoms with Gasteiger partial charge >= 0.3 is 0 Å². The third kappa shape index (κ3) is 6.76. The van der Waals surface area contributed by atoms with Crippen LogP contribution in [0, 0.1) is 0 Å². The minimum Gasteiger partial charge on any atom is -0.150 e. The lowest BCUT2D eigenvalue weighted by Crippen LogP contribution is -2.19. The summed E-state index contributed by atoms with van der Waals surface area (Å²) >= 11 is 0. The first-order valence-electron chi connectivity index (χ1n) is 17.1. The molecule has 0 unspecified atom stereocenters. The van der Waals surface area contributed by atoms with Gasteiger partial charge in [0.25, 0.3) is 0 Å². The molecule has 238 valence electrons. The van der Waals surface area contributed by atoms with Crippen LogP contribution in [0.5, 0.6) is 0 Å². The molecule has 0 saturated heterocycles. The molecule has 0 aliphatic carbocycles. The summed E-state index contributed by atoms with van der Waals surface area (Å²) in [4.78, 5) is 3.61. The van der Waals surface area contributed by atoms with Crippen LogP contribution in [0.15, 0.2) is 84.9 Å². The third-order valence-corrected chi connectivity index (χ3v) is 9.58. The second kappa shape index (κ2) is 13.2. The molecule has 0 N–H and O–H groups in total. The molecule has 0 saturated carbocycles. The number of hydrogen-bond donors (Lipinski definition) is 0. The molecular weight excluding hydrogens is 564 g/mol. The Bertz CT molecular complexity index is 1740. The van der Waals surface area contributed by atoms with Gasteiger partial charge in [0, 0.05) is 0 Å². The van der Waals surface area contributed by atoms with Crippen molar-refractivity contribution in [3.05, 3.63) is 96.1 Å². The Kier molecular flexibility index (Phi) is 9.08. The molecule has 0 radical (unpaired) electrons. The lowest BCUT2D eigenvalue weighted by molar-refractivity contribution is 0.449. The minimum atomic E-state index is -0.00632. The highest BCUT2D eigenvalue weighted by molar-refractivity contribution is 5.76. The molecular formula is C40H48N6. The van der Waals surface area contributed by atoms with Crippen LogP contribution in [0.3, 0.4) is 0 Å². The molecule has 46 heavy (non-hydrogen) atoms. The summed E-state index contributed by atoms with van der Waals surface area (Å²) in [6, 6.07) is 30.0. The van der Waals surface area contributed by atoms with E-state index in [0.717, 1.165) is 57.4 Å². The van der Waals surface area contributed by atoms with E-state index in [1.165, 1.54) is 49.7 Å². The van der Waals surface area contributed by atoms with Gasteiger partial charge in [-0.3, -0.25) is 0 Å². The van der Waals surface area contributed by atoms with Gasteiger partial charge in [-0.1, -0.05) is 116 Å². The highest BCUT2D eigenvalue weighted by Crippen LogP contribution is 2.38. The summed E-state index contributed by atoms with van der Waals surface area (Å²) in [5, 5.41) is 19.5. The SMILES string of the molecule is CCCCCC(C)(C)c1cc(-c2cc(-n3nc4ccccc4n3)cc(C(C)(C)CCCCC)c2)cc(-n2nc3ccccc3n2)c1. The van der Waals surface area contributed by atoms with Crippen LogP contribution in [0.2, 0.25) is 0 Å². The molecule has 4 aromatic carbocycles. The Morgan fingerprint density at radius 2 is 0.826 bits per heavy atom. The predicted molar refractivity (Wildman–Crippen MR) is 191 cm³/mol. The van der Waals surface area contributed by atoms with Crippen molar-refractivity contribution in [2.45, 2.75) is 104 Å². The molecule has 6 aromatic rings. The van der Waals surface area contributed by atoms with E-state index in [0.29, 0.717) is 0 Å². The average molecular weight is 613 g/mol. The van der Waals surface area contributed by atoms with E-state index in [2.05, 4.69) is 77.9 Å². The van der Waals surface area contributed by atoms with Crippen molar-refractivity contribution in [2.75, 3.05) is 0 Å². The second-order valence-electron chi connectivity index (χ2n) is 14.2. The van der Waals surface area contributed by atoms with Gasteiger partial charge < -0.3 is 0 Å². The summed E-state index contributed by atoms with van der Waals surface area (Å²) < 4.78 is 0. The largest absolute Gasteiger partial charge is 0.150 e. The van der Waals surface area contributed by atoms with Crippen LogP contribution < -0.4 is 0 Å². The maximum Gasteiger partial charge on any atom is 0.113 e. The average Bonchev–Trinajstić information content (AvgIpc) is 3.69. The Morgan fingerprint density at radius 3 is 1.15 bits per heavy atom. The first-order chi connectivity index (χ1) is 22.2. The van der Waals surface area contributed by atoms with Crippen molar-refractivity contribution in [1.29, 1.82) is 0 Å². The zero-order valence-corrected chi connectivity index (χ0v) is 28.4. The molecule has 0 aliphatic heterocycles. The van der Waals surface area contributed by atoms with Crippen molar-refractivity contribution >= 4 is 22.1 Å². The topological polar surface area (TPSA) is 61.4 Å². The van der Waals surface area contributed by atoms with Crippen LogP contribution in [0.4, 0.5) is 0 Å². The number of benzene rings is 4. The molecule has 0 bridgehead atoms. The number of aromatic nitrogens is 6. The van der Waals surface area contributed by atoms with Gasteiger partial charge in [0.05, 0.1) is 11.4 Å². The Morgan fingerprint density at radius 1 is 0.478 bits per heavy atom. The predicted octanol–water partition coefficient (Wildman–Crippen LogP) is 10.5. The van der Waals surface area contributed by atoms with Crippen molar-refractivity contribution < 1.29 is 0 Å². The van der Waals surface area contributed by atoms with E-state index >= 15 is 0 Å². The second-order valence-corrected chi connectivity index (χ2v) is 14.2. The number of unbranched alkanes of at least 4 members (excludes halogenated alkanes) is 4. The summed E-state index contributed by atoms with van der Waals surface area (Å²) in [6.45, 7) is 14.0. The normalized spacial score (nSPS) is 12.4. The van der Waals surface area contributed by atoms with E-state index < -0.39 is 0 Å². The molecule has 0 spiro atoms. The summed E-state index contributed by atoms with van der Waals surface area (Å²) in [5.41, 5.74) is 10.4. The van der Waals surface area contributed by atoms with Gasteiger partial charge in [0.15, 0.2) is 0 Å². The fourth-order valence-corrected chi connectivity index (χ4v) is 6.44. The molecule has 0 aliphatic rings. The highest BCUT2D eigenvalue weighted by atomic mass is 15.5. The standard InChI is InChI=1S/C40H48N6/c1-7-9-15-21-39(3,4)31-23-29(25-33(27-31)45-41-35-17-11-12-18-36(35)42-45)30-24-32(40(5,6)22-16-10-8-2)28-34(26-30)46-43-37-19-13-14-20-38(37)44-46/h11-14,17-20,23-28H,7-10,15-16,21-22H2,1-6H3. The molecule has 0 fully saturated rings. The van der Waals surface area contributed by atoms with Crippen LogP contribution in [0.1, 0.15) is 104 Å². The van der Waals surface area contributed by atoms with Crippen molar-refractivity contribution in [1.82, 2.24) is 30.0 Å². The zero-order valence-electron chi connectivity index (χ0n) is 28.4. The van der Waals surface area contributed by atoms with Crippen LogP contribution in [-0.4, -0.2) is 30.0 Å². The maximum atomic E-state index is 4.89. The van der Waals surface area contributed by atoms with E-state index in [-0.39, 0.29) is 10.8 Å². The smallest absolute Gasteiger partial charge is 0.113 e. The molecule has 0 atom stereocenters. The van der Waals surface area contributed by atoms with E-state index in [4.69, 9.17) is 20.4 Å². The van der Waals surface area contributed by atoms with Crippen molar-refractivity contribution in [3.8, 4) is 22.5 Å². The van der Waals surface area contributed by atoms with Gasteiger partial charge in [-0.15, -0.1) is 20.4 Å². The fraction of sp³-hybridized carbons (Fsp3) is 0.400. The van der Waals surface area contributed by atoms with Gasteiger partial charge in [0.1, 0.15) is 22.1 Å². The van der Waals surface area contributed by atoms with Crippen LogP contribution in [0.25, 0.3) is 44.6 Å². The van der Waals surface area contributed by atoms with Crippen LogP contribution in [-0.2, 0) is 10.8 Å². The van der Waals surface area contributed by atoms with Gasteiger partial charge in [-0.2, -0.15) is 9.59 Å². The number of nitrogens with zero attached hydrogens (tertiary/aromatic N) is 6. The van der Waals surface area contributed by atoms with Crippen molar-refractivity contribution in [2.24, 2.45) is 0 Å². The van der Waals surface area contributed by atoms with Crippen LogP contribution >= 0.6 is 0 Å². The molecule has 2 heterocycles. The molecule has 6 rings (SSSR count). The van der Waals surface area contributed by atoms with Crippen molar-refractivity contribution in [3.63, 3.8) is 0 Å². The van der Waals surface area contributed by atoms with E-state index in [9.17, 15) is 0 Å². The number of rotatable bonds is 13. The fourth-order valence-electron chi connectivity index (χ4n) is 6.44. The van der Waals surface area contributed by atoms with E-state index in [1.807, 2.05) is 48.5 Å². The van der Waals surface area contributed by atoms with Gasteiger partial charge in [0.2, 0.25) is 0 Å². The Labute approximate surface area is 273 Å². The lowest BCUT2D eigenvalue weighted by atomic mass is 9.77. The quantitative estimate of drug-likeness (QED) is 0.122. The number of fused-ring (bicyclic) bond motifs is 2. The third-order valence-electron chi connectivity index (χ3n) is 9.58. The summed E-state index contributed by atoms with van der Waals surface area (Å²) in [7, 11) is 0. The molecule has 6 heteroatoms. The Hall–Kier alpha value is -4.32.